The highest BCUT2D eigenvalue weighted by atomic mass is 35.5. The van der Waals surface area contributed by atoms with Gasteiger partial charge in [0.1, 0.15) is 6.61 Å². The zero-order valence-electron chi connectivity index (χ0n) is 17.0. The number of hydrazone groups is 1. The van der Waals surface area contributed by atoms with Gasteiger partial charge in [0.15, 0.2) is 16.6 Å². The fraction of sp³-hybridized carbons (Fsp3) is 0.273. The molecule has 0 unspecified atom stereocenters. The molecule has 0 amide bonds. The molecule has 0 atom stereocenters. The summed E-state index contributed by atoms with van der Waals surface area (Å²) < 4.78 is 12.0. The van der Waals surface area contributed by atoms with Gasteiger partial charge in [-0.25, -0.2) is 0 Å². The molecule has 0 aliphatic rings. The minimum absolute atomic E-state index is 0.326. The van der Waals surface area contributed by atoms with Crippen molar-refractivity contribution in [3.8, 4) is 11.5 Å². The predicted octanol–water partition coefficient (Wildman–Crippen LogP) is 5.52. The molecule has 0 aromatic heterocycles. The van der Waals surface area contributed by atoms with Crippen LogP contribution in [0, 0.1) is 0 Å². The molecule has 0 fully saturated rings. The lowest BCUT2D eigenvalue weighted by molar-refractivity contribution is 0.267. The van der Waals surface area contributed by atoms with Crippen LogP contribution >= 0.6 is 35.4 Å². The molecule has 2 aromatic carbocycles. The number of hydrogen-bond acceptors (Lipinski definition) is 4. The van der Waals surface area contributed by atoms with Crippen molar-refractivity contribution in [2.45, 2.75) is 26.9 Å². The molecule has 160 valence electrons. The number of ether oxygens (including phenoxy) is 2. The van der Waals surface area contributed by atoms with E-state index in [-0.39, 0.29) is 0 Å². The summed E-state index contributed by atoms with van der Waals surface area (Å²) in [5.41, 5.74) is 5.47. The van der Waals surface area contributed by atoms with Crippen LogP contribution in [0.5, 0.6) is 11.5 Å². The zero-order chi connectivity index (χ0) is 21.9. The summed E-state index contributed by atoms with van der Waals surface area (Å²) in [6.45, 7) is 9.29. The summed E-state index contributed by atoms with van der Waals surface area (Å²) in [4.78, 5) is 0. The Balaban J connectivity index is 2.28. The van der Waals surface area contributed by atoms with Crippen molar-refractivity contribution in [1.82, 2.24) is 10.7 Å². The van der Waals surface area contributed by atoms with Crippen molar-refractivity contribution < 1.29 is 9.47 Å². The molecule has 0 spiro atoms. The molecule has 0 saturated carbocycles. The standard InChI is InChI=1S/C22H25Cl2N3O2S/c1-4-7-17-10-16(13-26-27-22(30)25-5-2)12-20(28-6-3)21(17)29-14-15-8-9-18(23)19(24)11-15/h4,8-13H,1,5-7,14H2,2-3H3,(H2,25,27,30)/b26-13-. The van der Waals surface area contributed by atoms with Gasteiger partial charge in [-0.15, -0.1) is 6.58 Å². The van der Waals surface area contributed by atoms with Gasteiger partial charge in [0.25, 0.3) is 0 Å². The fourth-order valence-corrected chi connectivity index (χ4v) is 3.16. The summed E-state index contributed by atoms with van der Waals surface area (Å²) >= 11 is 17.2. The van der Waals surface area contributed by atoms with Crippen molar-refractivity contribution >= 4 is 46.7 Å². The number of nitrogens with one attached hydrogen (secondary N) is 2. The van der Waals surface area contributed by atoms with Gasteiger partial charge in [0, 0.05) is 12.1 Å². The van der Waals surface area contributed by atoms with Crippen molar-refractivity contribution in [1.29, 1.82) is 0 Å². The second-order valence-corrected chi connectivity index (χ2v) is 7.42. The van der Waals surface area contributed by atoms with Gasteiger partial charge in [-0.2, -0.15) is 5.10 Å². The highest BCUT2D eigenvalue weighted by Crippen LogP contribution is 2.34. The van der Waals surface area contributed by atoms with Crippen molar-refractivity contribution in [3.05, 3.63) is 69.7 Å². The molecule has 0 aliphatic carbocycles. The first-order valence-corrected chi connectivity index (χ1v) is 10.7. The zero-order valence-corrected chi connectivity index (χ0v) is 19.3. The fourth-order valence-electron chi connectivity index (χ4n) is 2.64. The molecular formula is C22H25Cl2N3O2S. The lowest BCUT2D eigenvalue weighted by atomic mass is 10.1. The predicted molar refractivity (Wildman–Crippen MR) is 129 cm³/mol. The topological polar surface area (TPSA) is 54.9 Å². The van der Waals surface area contributed by atoms with Crippen molar-refractivity contribution in [2.75, 3.05) is 13.2 Å². The third-order valence-corrected chi connectivity index (χ3v) is 4.88. The van der Waals surface area contributed by atoms with E-state index in [4.69, 9.17) is 44.9 Å². The Labute approximate surface area is 193 Å². The van der Waals surface area contributed by atoms with Crippen LogP contribution < -0.4 is 20.2 Å². The number of nitrogens with zero attached hydrogens (tertiary/aromatic N) is 1. The van der Waals surface area contributed by atoms with Crippen LogP contribution in [-0.4, -0.2) is 24.5 Å². The summed E-state index contributed by atoms with van der Waals surface area (Å²) in [6.07, 6.45) is 4.11. The van der Waals surface area contributed by atoms with E-state index < -0.39 is 0 Å². The van der Waals surface area contributed by atoms with Gasteiger partial charge in [-0.3, -0.25) is 5.43 Å². The maximum atomic E-state index is 6.12. The van der Waals surface area contributed by atoms with Gasteiger partial charge in [-0.1, -0.05) is 35.3 Å². The second-order valence-electron chi connectivity index (χ2n) is 6.20. The van der Waals surface area contributed by atoms with Gasteiger partial charge in [-0.05, 0) is 67.9 Å². The van der Waals surface area contributed by atoms with Crippen LogP contribution in [0.25, 0.3) is 0 Å². The van der Waals surface area contributed by atoms with E-state index in [1.165, 1.54) is 0 Å². The molecule has 0 heterocycles. The Morgan fingerprint density at radius 3 is 2.63 bits per heavy atom. The lowest BCUT2D eigenvalue weighted by Crippen LogP contribution is -2.31. The Hall–Kier alpha value is -2.28. The largest absolute Gasteiger partial charge is 0.490 e. The minimum Gasteiger partial charge on any atom is -0.490 e. The summed E-state index contributed by atoms with van der Waals surface area (Å²) in [5, 5.41) is 8.61. The van der Waals surface area contributed by atoms with E-state index in [2.05, 4.69) is 22.4 Å². The molecule has 0 radical (unpaired) electrons. The lowest BCUT2D eigenvalue weighted by Gasteiger charge is -2.17. The number of allylic oxidation sites excluding steroid dienone is 1. The molecule has 30 heavy (non-hydrogen) atoms. The SMILES string of the molecule is C=CCc1cc(/C=N\NC(=S)NCC)cc(OCC)c1OCc1ccc(Cl)c(Cl)c1. The Kier molecular flexibility index (Phi) is 9.94. The average molecular weight is 466 g/mol. The van der Waals surface area contributed by atoms with Gasteiger partial charge in [0.05, 0.1) is 22.9 Å². The number of halogens is 2. The summed E-state index contributed by atoms with van der Waals surface area (Å²) in [7, 11) is 0. The normalized spacial score (nSPS) is 10.7. The third-order valence-electron chi connectivity index (χ3n) is 3.90. The first-order valence-electron chi connectivity index (χ1n) is 9.52. The molecule has 0 saturated heterocycles. The van der Waals surface area contributed by atoms with E-state index in [1.54, 1.807) is 18.3 Å². The number of hydrogen-bond donors (Lipinski definition) is 2. The number of rotatable bonds is 10. The maximum Gasteiger partial charge on any atom is 0.186 e. The molecule has 0 bridgehead atoms. The van der Waals surface area contributed by atoms with Gasteiger partial charge < -0.3 is 14.8 Å². The van der Waals surface area contributed by atoms with E-state index in [0.717, 1.165) is 23.2 Å². The third kappa shape index (κ3) is 7.20. The van der Waals surface area contributed by atoms with Crippen LogP contribution in [0.2, 0.25) is 10.0 Å². The molecular weight excluding hydrogens is 441 g/mol. The molecule has 2 aromatic rings. The molecule has 2 rings (SSSR count). The van der Waals surface area contributed by atoms with Crippen LogP contribution in [0.15, 0.2) is 48.1 Å². The van der Waals surface area contributed by atoms with Gasteiger partial charge in [0.2, 0.25) is 0 Å². The van der Waals surface area contributed by atoms with Crippen LogP contribution in [0.1, 0.15) is 30.5 Å². The Morgan fingerprint density at radius 2 is 1.97 bits per heavy atom. The van der Waals surface area contributed by atoms with Crippen LogP contribution in [0.3, 0.4) is 0 Å². The monoisotopic (exact) mass is 465 g/mol. The molecule has 0 aliphatic heterocycles. The van der Waals surface area contributed by atoms with E-state index in [0.29, 0.717) is 46.3 Å². The van der Waals surface area contributed by atoms with Gasteiger partial charge >= 0.3 is 0 Å². The second kappa shape index (κ2) is 12.4. The van der Waals surface area contributed by atoms with Crippen LogP contribution in [0.4, 0.5) is 0 Å². The van der Waals surface area contributed by atoms with Crippen molar-refractivity contribution in [2.24, 2.45) is 5.10 Å². The number of thiocarbonyl (C=S) groups is 1. The Morgan fingerprint density at radius 1 is 1.17 bits per heavy atom. The Bertz CT molecular complexity index is 919. The highest BCUT2D eigenvalue weighted by Gasteiger charge is 2.13. The number of benzene rings is 2. The average Bonchev–Trinajstić information content (AvgIpc) is 2.70. The summed E-state index contributed by atoms with van der Waals surface area (Å²) in [6, 6.07) is 9.28. The molecule has 8 heteroatoms. The first kappa shape index (κ1) is 24.0. The van der Waals surface area contributed by atoms with E-state index >= 15 is 0 Å². The summed E-state index contributed by atoms with van der Waals surface area (Å²) in [5.74, 6) is 1.30. The maximum absolute atomic E-state index is 6.12. The smallest absolute Gasteiger partial charge is 0.186 e. The van der Waals surface area contributed by atoms with Crippen molar-refractivity contribution in [3.63, 3.8) is 0 Å². The van der Waals surface area contributed by atoms with E-state index in [9.17, 15) is 0 Å². The highest BCUT2D eigenvalue weighted by molar-refractivity contribution is 7.80. The molecule has 5 nitrogen and oxygen atoms in total. The quantitative estimate of drug-likeness (QED) is 0.209. The first-order chi connectivity index (χ1) is 14.5. The minimum atomic E-state index is 0.326. The van der Waals surface area contributed by atoms with E-state index in [1.807, 2.05) is 38.1 Å². The molecule has 2 N–H and O–H groups in total. The van der Waals surface area contributed by atoms with Crippen LogP contribution in [-0.2, 0) is 13.0 Å².